The van der Waals surface area contributed by atoms with Gasteiger partial charge in [-0.25, -0.2) is 4.39 Å². The molecule has 0 N–H and O–H groups in total. The van der Waals surface area contributed by atoms with Gasteiger partial charge in [0, 0.05) is 23.5 Å². The summed E-state index contributed by atoms with van der Waals surface area (Å²) in [5.41, 5.74) is 5.82. The van der Waals surface area contributed by atoms with Crippen LogP contribution in [0, 0.1) is 36.4 Å². The van der Waals surface area contributed by atoms with Crippen LogP contribution in [-0.4, -0.2) is 18.6 Å². The number of nitrogens with zero attached hydrogens (tertiary/aromatic N) is 1. The van der Waals surface area contributed by atoms with Gasteiger partial charge in [0.05, 0.1) is 18.5 Å². The lowest BCUT2D eigenvalue weighted by atomic mass is 9.73. The van der Waals surface area contributed by atoms with Crippen molar-refractivity contribution in [2.24, 2.45) is 28.7 Å². The van der Waals surface area contributed by atoms with E-state index in [1.54, 1.807) is 20.1 Å². The highest BCUT2D eigenvalue weighted by Gasteiger charge is 2.31. The minimum absolute atomic E-state index is 0.134. The summed E-state index contributed by atoms with van der Waals surface area (Å²) in [6.45, 7) is 6.42. The van der Waals surface area contributed by atoms with Gasteiger partial charge in [-0.15, -0.1) is 0 Å². The number of hydrogen-bond acceptors (Lipinski definition) is 3. The Morgan fingerprint density at radius 1 is 0.930 bits per heavy atom. The van der Waals surface area contributed by atoms with Gasteiger partial charge in [0.2, 0.25) is 0 Å². The molecule has 0 saturated heterocycles. The zero-order valence-corrected chi connectivity index (χ0v) is 26.5. The number of methoxy groups -OCH3 is 1. The number of Topliss-reactive ketones (excluding diaryl/α,β-unsaturated/α-hetero) is 1. The lowest BCUT2D eigenvalue weighted by Gasteiger charge is -2.33. The zero-order valence-electron chi connectivity index (χ0n) is 26.5. The number of aryl methyl sites for hydroxylation is 1. The van der Waals surface area contributed by atoms with Crippen LogP contribution in [0.2, 0.25) is 0 Å². The summed E-state index contributed by atoms with van der Waals surface area (Å²) >= 11 is 0. The monoisotopic (exact) mass is 581 g/mol. The number of halogens is 1. The molecule has 43 heavy (non-hydrogen) atoms. The van der Waals surface area contributed by atoms with E-state index in [4.69, 9.17) is 9.73 Å². The molecule has 0 radical (unpaired) electrons. The van der Waals surface area contributed by atoms with E-state index in [-0.39, 0.29) is 17.5 Å². The van der Waals surface area contributed by atoms with Crippen molar-refractivity contribution in [3.63, 3.8) is 0 Å². The van der Waals surface area contributed by atoms with Gasteiger partial charge in [0.25, 0.3) is 0 Å². The molecule has 3 aromatic carbocycles. The SMILES string of the molecule is CCC(CC)CCC1CCCC(CC2CCC(=O)c3cc(-c4ccc(F)c(C)c4)ccc3N=C2c2ccccc2OC)C1. The van der Waals surface area contributed by atoms with E-state index in [1.165, 1.54) is 57.4 Å². The van der Waals surface area contributed by atoms with E-state index < -0.39 is 0 Å². The molecule has 1 fully saturated rings. The third-order valence-corrected chi connectivity index (χ3v) is 10.2. The summed E-state index contributed by atoms with van der Waals surface area (Å²) in [4.78, 5) is 19.0. The molecule has 1 heterocycles. The highest BCUT2D eigenvalue weighted by Crippen LogP contribution is 2.41. The number of rotatable bonds is 10. The van der Waals surface area contributed by atoms with Crippen LogP contribution >= 0.6 is 0 Å². The number of carbonyl (C=O) groups is 1. The molecule has 3 atom stereocenters. The van der Waals surface area contributed by atoms with Crippen molar-refractivity contribution in [2.45, 2.75) is 91.4 Å². The Morgan fingerprint density at radius 2 is 1.67 bits per heavy atom. The van der Waals surface area contributed by atoms with E-state index in [2.05, 4.69) is 26.0 Å². The molecule has 0 aromatic heterocycles. The fraction of sp³-hybridized carbons (Fsp3) is 0.487. The zero-order chi connectivity index (χ0) is 30.3. The summed E-state index contributed by atoms with van der Waals surface area (Å²) in [6, 6.07) is 19.2. The van der Waals surface area contributed by atoms with Crippen molar-refractivity contribution in [1.82, 2.24) is 0 Å². The van der Waals surface area contributed by atoms with Crippen molar-refractivity contribution in [1.29, 1.82) is 0 Å². The molecule has 1 aliphatic heterocycles. The fourth-order valence-corrected chi connectivity index (χ4v) is 7.47. The molecule has 3 unspecified atom stereocenters. The summed E-state index contributed by atoms with van der Waals surface area (Å²) in [5, 5.41) is 0. The van der Waals surface area contributed by atoms with Gasteiger partial charge in [0.1, 0.15) is 11.6 Å². The topological polar surface area (TPSA) is 38.7 Å². The number of hydrogen-bond donors (Lipinski definition) is 0. The maximum atomic E-state index is 14.0. The smallest absolute Gasteiger partial charge is 0.165 e. The predicted octanol–water partition coefficient (Wildman–Crippen LogP) is 10.9. The minimum atomic E-state index is -0.224. The Morgan fingerprint density at radius 3 is 2.44 bits per heavy atom. The Kier molecular flexibility index (Phi) is 10.5. The fourth-order valence-electron chi connectivity index (χ4n) is 7.47. The highest BCUT2D eigenvalue weighted by atomic mass is 19.1. The van der Waals surface area contributed by atoms with Gasteiger partial charge in [-0.2, -0.15) is 0 Å². The largest absolute Gasteiger partial charge is 0.496 e. The minimum Gasteiger partial charge on any atom is -0.496 e. The number of benzene rings is 3. The molecule has 3 aromatic rings. The number of aliphatic imine (C=N–C) groups is 1. The standard InChI is InChI=1S/C39H48FNO2/c1-5-27(6-2)14-15-28-10-9-11-29(23-28)24-32-18-21-37(42)34-25-31(30-16-19-35(40)26(3)22-30)17-20-36(34)41-39(32)33-12-7-8-13-38(33)43-4/h7-8,12-13,16-17,19-20,22,25,27-29,32H,5-6,9-11,14-15,18,21,23-24H2,1-4H3. The van der Waals surface area contributed by atoms with E-state index in [9.17, 15) is 9.18 Å². The van der Waals surface area contributed by atoms with E-state index in [0.717, 1.165) is 52.8 Å². The van der Waals surface area contributed by atoms with Crippen LogP contribution in [0.1, 0.15) is 106 Å². The van der Waals surface area contributed by atoms with Gasteiger partial charge in [0.15, 0.2) is 5.78 Å². The second-order valence-corrected chi connectivity index (χ2v) is 12.9. The van der Waals surface area contributed by atoms with Crippen LogP contribution in [-0.2, 0) is 0 Å². The van der Waals surface area contributed by atoms with Crippen molar-refractivity contribution in [3.8, 4) is 16.9 Å². The first-order valence-electron chi connectivity index (χ1n) is 16.6. The summed E-state index contributed by atoms with van der Waals surface area (Å²) in [6.07, 6.45) is 12.8. The first-order valence-corrected chi connectivity index (χ1v) is 16.6. The van der Waals surface area contributed by atoms with Crippen molar-refractivity contribution >= 4 is 17.2 Å². The first kappa shape index (κ1) is 31.2. The van der Waals surface area contributed by atoms with Crippen LogP contribution in [0.3, 0.4) is 0 Å². The molecule has 228 valence electrons. The number of carbonyl (C=O) groups excluding carboxylic acids is 1. The molecule has 1 saturated carbocycles. The van der Waals surface area contributed by atoms with Crippen LogP contribution in [0.5, 0.6) is 5.75 Å². The van der Waals surface area contributed by atoms with Gasteiger partial charge in [-0.05, 0) is 97.0 Å². The molecule has 0 bridgehead atoms. The number of para-hydroxylation sites is 1. The normalized spacial score (nSPS) is 20.7. The summed E-state index contributed by atoms with van der Waals surface area (Å²) in [7, 11) is 1.72. The maximum Gasteiger partial charge on any atom is 0.165 e. The molecule has 3 nitrogen and oxygen atoms in total. The van der Waals surface area contributed by atoms with Gasteiger partial charge in [-0.3, -0.25) is 9.79 Å². The van der Waals surface area contributed by atoms with Gasteiger partial charge < -0.3 is 4.74 Å². The molecule has 1 aliphatic carbocycles. The molecule has 0 amide bonds. The van der Waals surface area contributed by atoms with Crippen LogP contribution in [0.4, 0.5) is 10.1 Å². The van der Waals surface area contributed by atoms with E-state index in [0.29, 0.717) is 29.2 Å². The Bertz CT molecular complexity index is 1440. The lowest BCUT2D eigenvalue weighted by Crippen LogP contribution is -2.25. The van der Waals surface area contributed by atoms with Crippen LogP contribution in [0.15, 0.2) is 65.7 Å². The summed E-state index contributed by atoms with van der Waals surface area (Å²) < 4.78 is 19.8. The highest BCUT2D eigenvalue weighted by molar-refractivity contribution is 6.10. The third-order valence-electron chi connectivity index (χ3n) is 10.2. The quantitative estimate of drug-likeness (QED) is 0.239. The molecular weight excluding hydrogens is 533 g/mol. The molecule has 0 spiro atoms. The van der Waals surface area contributed by atoms with Crippen LogP contribution < -0.4 is 4.74 Å². The van der Waals surface area contributed by atoms with Crippen LogP contribution in [0.25, 0.3) is 11.1 Å². The Balaban J connectivity index is 1.47. The second-order valence-electron chi connectivity index (χ2n) is 12.9. The molecule has 2 aliphatic rings. The number of ketones is 1. The van der Waals surface area contributed by atoms with Gasteiger partial charge in [-0.1, -0.05) is 83.1 Å². The first-order chi connectivity index (χ1) is 20.9. The maximum absolute atomic E-state index is 14.0. The van der Waals surface area contributed by atoms with Crippen molar-refractivity contribution in [3.05, 3.63) is 83.2 Å². The van der Waals surface area contributed by atoms with Crippen molar-refractivity contribution in [2.75, 3.05) is 7.11 Å². The lowest BCUT2D eigenvalue weighted by molar-refractivity contribution is 0.0974. The van der Waals surface area contributed by atoms with Crippen molar-refractivity contribution < 1.29 is 13.9 Å². The second kappa shape index (κ2) is 14.5. The average molecular weight is 582 g/mol. The molecular formula is C39H48FNO2. The molecule has 4 heteroatoms. The Hall–Kier alpha value is -3.27. The Labute approximate surface area is 258 Å². The average Bonchev–Trinajstić information content (AvgIpc) is 3.03. The van der Waals surface area contributed by atoms with E-state index >= 15 is 0 Å². The van der Waals surface area contributed by atoms with E-state index in [1.807, 2.05) is 36.4 Å². The van der Waals surface area contributed by atoms with Gasteiger partial charge >= 0.3 is 0 Å². The summed E-state index contributed by atoms with van der Waals surface area (Å²) in [5.74, 6) is 3.25. The third kappa shape index (κ3) is 7.45. The number of fused-ring (bicyclic) bond motifs is 1. The predicted molar refractivity (Wildman–Crippen MR) is 176 cm³/mol. The molecule has 5 rings (SSSR count). The number of ether oxygens (including phenoxy) is 1.